The topological polar surface area (TPSA) is 63.6 Å². The average Bonchev–Trinajstić information content (AvgIpc) is 2.99. The van der Waals surface area contributed by atoms with Crippen LogP contribution in [-0.4, -0.2) is 41.7 Å². The van der Waals surface area contributed by atoms with E-state index < -0.39 is 24.7 Å². The van der Waals surface area contributed by atoms with Gasteiger partial charge in [-0.25, -0.2) is 0 Å². The van der Waals surface area contributed by atoms with Crippen LogP contribution >= 0.6 is 6.83 Å². The zero-order valence-corrected chi connectivity index (χ0v) is 14.8. The average molecular weight is 318 g/mol. The third kappa shape index (κ3) is 3.59. The number of rotatable bonds is 8. The van der Waals surface area contributed by atoms with Gasteiger partial charge in [-0.3, -0.25) is 0 Å². The van der Waals surface area contributed by atoms with Gasteiger partial charge in [0, 0.05) is 0 Å². The maximum atomic E-state index is 12.7. The summed E-state index contributed by atoms with van der Waals surface area (Å²) in [5, 5.41) is 9.49. The molecule has 1 rings (SSSR count). The first-order valence-corrected chi connectivity index (χ1v) is 11.2. The van der Waals surface area contributed by atoms with Crippen molar-refractivity contribution in [3.8, 4) is 0 Å². The third-order valence-electron chi connectivity index (χ3n) is 5.94. The Hall–Kier alpha value is -0.630. The first-order valence-electron chi connectivity index (χ1n) is 8.34. The van der Waals surface area contributed by atoms with Crippen LogP contribution in [0.2, 0.25) is 0 Å². The minimum atomic E-state index is -2.56. The normalized spacial score (nSPS) is 19.7. The third-order valence-corrected chi connectivity index (χ3v) is 13.0. The molecule has 0 spiro atoms. The van der Waals surface area contributed by atoms with Gasteiger partial charge in [0.2, 0.25) is 0 Å². The van der Waals surface area contributed by atoms with E-state index in [-0.39, 0.29) is 5.92 Å². The van der Waals surface area contributed by atoms with E-state index in [1.165, 1.54) is 0 Å². The van der Waals surface area contributed by atoms with Crippen molar-refractivity contribution in [3.63, 3.8) is 0 Å². The van der Waals surface area contributed by atoms with Gasteiger partial charge in [0.25, 0.3) is 0 Å². The molecule has 0 bridgehead atoms. The van der Waals surface area contributed by atoms with Crippen molar-refractivity contribution < 1.29 is 19.2 Å². The summed E-state index contributed by atoms with van der Waals surface area (Å²) in [5.74, 6) is -2.49. The van der Waals surface area contributed by atoms with Crippen LogP contribution in [-0.2, 0) is 14.1 Å². The van der Waals surface area contributed by atoms with Gasteiger partial charge in [-0.15, -0.1) is 0 Å². The molecule has 0 aromatic heterocycles. The molecule has 0 aliphatic heterocycles. The Bertz CT molecular complexity index is 360. The van der Waals surface area contributed by atoms with E-state index >= 15 is 0 Å². The second kappa shape index (κ2) is 7.09. The predicted octanol–water partition coefficient (Wildman–Crippen LogP) is 3.97. The first kappa shape index (κ1) is 18.4. The van der Waals surface area contributed by atoms with Crippen LogP contribution in [0.25, 0.3) is 0 Å². The van der Waals surface area contributed by atoms with Crippen LogP contribution in [0.5, 0.6) is 0 Å². The van der Waals surface area contributed by atoms with Gasteiger partial charge >= 0.3 is 128 Å². The van der Waals surface area contributed by atoms with Gasteiger partial charge in [0.15, 0.2) is 0 Å². The van der Waals surface area contributed by atoms with Crippen molar-refractivity contribution in [2.45, 2.75) is 53.4 Å². The molecule has 0 saturated heterocycles. The molecule has 0 heterocycles. The first-order chi connectivity index (χ1) is 9.87. The van der Waals surface area contributed by atoms with Gasteiger partial charge < -0.3 is 0 Å². The second-order valence-electron chi connectivity index (χ2n) is 6.39. The Kier molecular flexibility index (Phi) is 6.22. The van der Waals surface area contributed by atoms with Crippen molar-refractivity contribution in [1.29, 1.82) is 0 Å². The van der Waals surface area contributed by atoms with Crippen LogP contribution < -0.4 is 0 Å². The number of carbonyl (C=O) groups excluding carboxylic acids is 1. The molecular formula is C16H31O4P. The molecule has 1 atom stereocenters. The summed E-state index contributed by atoms with van der Waals surface area (Å²) < 4.78 is 6.07. The molecule has 1 fully saturated rings. The fourth-order valence-corrected chi connectivity index (χ4v) is 7.52. The molecule has 1 aliphatic rings. The van der Waals surface area contributed by atoms with Crippen molar-refractivity contribution in [2.75, 3.05) is 24.6 Å². The Morgan fingerprint density at radius 2 is 1.48 bits per heavy atom. The minimum absolute atomic E-state index is 0.0419. The van der Waals surface area contributed by atoms with Crippen molar-refractivity contribution >= 4 is 18.8 Å². The van der Waals surface area contributed by atoms with Gasteiger partial charge in [0.1, 0.15) is 0 Å². The number of carbonyl (C=O) groups is 2. The van der Waals surface area contributed by atoms with Gasteiger partial charge in [-0.1, -0.05) is 0 Å². The zero-order chi connectivity index (χ0) is 16.1. The molecule has 0 amide bonds. The molecule has 5 heteroatoms. The summed E-state index contributed by atoms with van der Waals surface area (Å²) in [6.07, 6.45) is 7.09. The van der Waals surface area contributed by atoms with Gasteiger partial charge in [-0.05, 0) is 0 Å². The summed E-state index contributed by atoms with van der Waals surface area (Å²) in [6.45, 7) is 5.75. The predicted molar refractivity (Wildman–Crippen MR) is 88.3 cm³/mol. The number of hydrogen-bond donors (Lipinski definition) is 1. The Balaban J connectivity index is 3.01. The fraction of sp³-hybridized carbons (Fsp3) is 0.875. The zero-order valence-electron chi connectivity index (χ0n) is 13.9. The van der Waals surface area contributed by atoms with E-state index in [9.17, 15) is 14.7 Å². The van der Waals surface area contributed by atoms with E-state index in [1.54, 1.807) is 0 Å². The van der Waals surface area contributed by atoms with Crippen LogP contribution in [0, 0.1) is 11.8 Å². The molecule has 4 nitrogen and oxygen atoms in total. The van der Waals surface area contributed by atoms with E-state index in [1.807, 2.05) is 0 Å². The molecule has 0 radical (unpaired) electrons. The van der Waals surface area contributed by atoms with E-state index in [4.69, 9.17) is 4.52 Å². The summed E-state index contributed by atoms with van der Waals surface area (Å²) >= 11 is 0. The molecule has 1 N–H and O–H groups in total. The van der Waals surface area contributed by atoms with E-state index in [2.05, 4.69) is 27.7 Å². The number of carboxylic acids is 1. The molecule has 1 unspecified atom stereocenters. The standard InChI is InChI=1S/C16H31O4P/c1-5-21(6-2,7-3,8-4)20-16(19)14(15(17)18)13-11-9-10-12-13/h13-14H,5-12H2,1-4H3,(H,17,18). The Labute approximate surface area is 128 Å². The SMILES string of the molecule is CCP(CC)(CC)(CC)OC(=O)C(C(=O)O)C1CCCC1. The van der Waals surface area contributed by atoms with Crippen LogP contribution in [0.1, 0.15) is 53.4 Å². The summed E-state index contributed by atoms with van der Waals surface area (Å²) in [6, 6.07) is 0. The van der Waals surface area contributed by atoms with Crippen LogP contribution in [0.3, 0.4) is 0 Å². The molecule has 1 aliphatic carbocycles. The molecular weight excluding hydrogens is 287 g/mol. The summed E-state index contributed by atoms with van der Waals surface area (Å²) in [4.78, 5) is 24.2. The molecule has 124 valence electrons. The van der Waals surface area contributed by atoms with Crippen molar-refractivity contribution in [2.24, 2.45) is 11.8 Å². The quantitative estimate of drug-likeness (QED) is 0.543. The van der Waals surface area contributed by atoms with Gasteiger partial charge in [-0.2, -0.15) is 0 Å². The second-order valence-corrected chi connectivity index (χ2v) is 12.8. The van der Waals surface area contributed by atoms with Crippen molar-refractivity contribution in [1.82, 2.24) is 0 Å². The molecule has 1 saturated carbocycles. The van der Waals surface area contributed by atoms with E-state index in [0.29, 0.717) is 0 Å². The van der Waals surface area contributed by atoms with E-state index in [0.717, 1.165) is 50.3 Å². The molecule has 0 aromatic rings. The Morgan fingerprint density at radius 1 is 1.05 bits per heavy atom. The summed E-state index contributed by atoms with van der Waals surface area (Å²) in [5.41, 5.74) is 0. The maximum absolute atomic E-state index is 12.7. The van der Waals surface area contributed by atoms with Crippen LogP contribution in [0.15, 0.2) is 0 Å². The summed E-state index contributed by atoms with van der Waals surface area (Å²) in [7, 11) is 0. The number of aliphatic carboxylic acids is 1. The van der Waals surface area contributed by atoms with Crippen LogP contribution in [0.4, 0.5) is 0 Å². The van der Waals surface area contributed by atoms with Gasteiger partial charge in [0.05, 0.1) is 0 Å². The monoisotopic (exact) mass is 318 g/mol. The molecule has 21 heavy (non-hydrogen) atoms. The van der Waals surface area contributed by atoms with Crippen molar-refractivity contribution in [3.05, 3.63) is 0 Å². The number of hydrogen-bond acceptors (Lipinski definition) is 3. The molecule has 0 aromatic carbocycles. The Morgan fingerprint density at radius 3 is 1.81 bits per heavy atom. The fourth-order valence-electron chi connectivity index (χ4n) is 3.70. The number of carboxylic acid groups (broad SMARTS) is 1.